The van der Waals surface area contributed by atoms with Gasteiger partial charge in [-0.3, -0.25) is 4.90 Å². The first kappa shape index (κ1) is 24.2. The lowest BCUT2D eigenvalue weighted by Gasteiger charge is -2.38. The maximum atomic E-state index is 5.46. The third kappa shape index (κ3) is 7.31. The van der Waals surface area contributed by atoms with E-state index >= 15 is 0 Å². The number of guanidine groups is 1. The van der Waals surface area contributed by atoms with Gasteiger partial charge in [0.25, 0.3) is 0 Å². The van der Waals surface area contributed by atoms with E-state index in [9.17, 15) is 0 Å². The van der Waals surface area contributed by atoms with Gasteiger partial charge in [-0.05, 0) is 45.6 Å². The van der Waals surface area contributed by atoms with Crippen molar-refractivity contribution < 1.29 is 4.74 Å². The first-order chi connectivity index (χ1) is 15.6. The minimum absolute atomic E-state index is 0.399. The maximum absolute atomic E-state index is 5.46. The fourth-order valence-corrected chi connectivity index (χ4v) is 4.01. The smallest absolute Gasteiger partial charge is 0.191 e. The summed E-state index contributed by atoms with van der Waals surface area (Å²) in [7, 11) is 1.98. The van der Waals surface area contributed by atoms with Crippen LogP contribution in [0.3, 0.4) is 0 Å². The van der Waals surface area contributed by atoms with Crippen molar-refractivity contribution in [2.45, 2.75) is 65.2 Å². The van der Waals surface area contributed by atoms with Crippen molar-refractivity contribution in [2.24, 2.45) is 12.0 Å². The van der Waals surface area contributed by atoms with Gasteiger partial charge >= 0.3 is 0 Å². The molecule has 0 aliphatic carbocycles. The molecule has 2 heterocycles. The van der Waals surface area contributed by atoms with Crippen LogP contribution in [-0.2, 0) is 24.9 Å². The van der Waals surface area contributed by atoms with Crippen molar-refractivity contribution >= 4 is 5.96 Å². The molecule has 1 aliphatic heterocycles. The summed E-state index contributed by atoms with van der Waals surface area (Å²) in [6, 6.07) is 11.6. The van der Waals surface area contributed by atoms with Crippen LogP contribution in [0.4, 0.5) is 0 Å². The second-order valence-electron chi connectivity index (χ2n) is 8.54. The highest BCUT2D eigenvalue weighted by atomic mass is 16.5. The first-order valence-corrected chi connectivity index (χ1v) is 11.8. The van der Waals surface area contributed by atoms with Gasteiger partial charge in [0, 0.05) is 52.0 Å². The SMILES string of the molecule is CCOCCCNC(=NCc1nnc(C)n1C)NC1CCN(Cc2ccccc2)C(C)C1. The summed E-state index contributed by atoms with van der Waals surface area (Å²) in [6.07, 6.45) is 3.14. The molecule has 8 heteroatoms. The number of nitrogens with one attached hydrogen (secondary N) is 2. The van der Waals surface area contributed by atoms with E-state index in [0.717, 1.165) is 69.7 Å². The standard InChI is InChI=1S/C24H39N7O/c1-5-32-15-9-13-25-24(26-17-23-29-28-20(3)30(23)4)27-22-12-14-31(19(2)16-22)18-21-10-7-6-8-11-21/h6-8,10-11,19,22H,5,9,12-18H2,1-4H3,(H2,25,26,27). The molecular formula is C24H39N7O. The van der Waals surface area contributed by atoms with Gasteiger partial charge in [0.05, 0.1) is 0 Å². The lowest BCUT2D eigenvalue weighted by molar-refractivity contribution is 0.134. The van der Waals surface area contributed by atoms with E-state index in [1.807, 2.05) is 25.5 Å². The topological polar surface area (TPSA) is 79.6 Å². The number of ether oxygens (including phenoxy) is 1. The number of likely N-dealkylation sites (tertiary alicyclic amines) is 1. The molecule has 1 aromatic carbocycles. The number of hydrogen-bond donors (Lipinski definition) is 2. The molecule has 2 N–H and O–H groups in total. The second kappa shape index (κ2) is 12.6. The molecule has 1 aromatic heterocycles. The molecule has 0 saturated carbocycles. The maximum Gasteiger partial charge on any atom is 0.191 e. The third-order valence-electron chi connectivity index (χ3n) is 6.11. The molecule has 1 saturated heterocycles. The Kier molecular flexibility index (Phi) is 9.49. The molecular weight excluding hydrogens is 402 g/mol. The zero-order valence-electron chi connectivity index (χ0n) is 20.0. The largest absolute Gasteiger partial charge is 0.382 e. The summed E-state index contributed by atoms with van der Waals surface area (Å²) in [5.74, 6) is 2.61. The van der Waals surface area contributed by atoms with Crippen molar-refractivity contribution in [3.63, 3.8) is 0 Å². The van der Waals surface area contributed by atoms with Crippen LogP contribution in [0.1, 0.15) is 50.3 Å². The molecule has 8 nitrogen and oxygen atoms in total. The van der Waals surface area contributed by atoms with Gasteiger partial charge in [0.2, 0.25) is 0 Å². The Balaban J connectivity index is 1.55. The Morgan fingerprint density at radius 2 is 2.06 bits per heavy atom. The monoisotopic (exact) mass is 441 g/mol. The highest BCUT2D eigenvalue weighted by Gasteiger charge is 2.26. The zero-order chi connectivity index (χ0) is 22.8. The van der Waals surface area contributed by atoms with Crippen molar-refractivity contribution in [1.82, 2.24) is 30.3 Å². The predicted octanol–water partition coefficient (Wildman–Crippen LogP) is 2.64. The summed E-state index contributed by atoms with van der Waals surface area (Å²) in [6.45, 7) is 11.2. The fourth-order valence-electron chi connectivity index (χ4n) is 4.01. The van der Waals surface area contributed by atoms with Crippen LogP contribution in [0.5, 0.6) is 0 Å². The molecule has 0 bridgehead atoms. The van der Waals surface area contributed by atoms with E-state index in [1.54, 1.807) is 0 Å². The van der Waals surface area contributed by atoms with Crippen molar-refractivity contribution in [3.05, 3.63) is 47.5 Å². The van der Waals surface area contributed by atoms with Crippen LogP contribution in [-0.4, -0.2) is 64.0 Å². The molecule has 0 radical (unpaired) electrons. The summed E-state index contributed by atoms with van der Waals surface area (Å²) in [5.41, 5.74) is 1.38. The highest BCUT2D eigenvalue weighted by Crippen LogP contribution is 2.20. The van der Waals surface area contributed by atoms with Gasteiger partial charge in [-0.25, -0.2) is 4.99 Å². The predicted molar refractivity (Wildman–Crippen MR) is 128 cm³/mol. The van der Waals surface area contributed by atoms with Crippen LogP contribution in [0.2, 0.25) is 0 Å². The van der Waals surface area contributed by atoms with E-state index in [0.29, 0.717) is 18.6 Å². The summed E-state index contributed by atoms with van der Waals surface area (Å²) in [5, 5.41) is 15.5. The molecule has 0 amide bonds. The second-order valence-corrected chi connectivity index (χ2v) is 8.54. The fraction of sp³-hybridized carbons (Fsp3) is 0.625. The van der Waals surface area contributed by atoms with Crippen LogP contribution in [0.25, 0.3) is 0 Å². The van der Waals surface area contributed by atoms with Crippen molar-refractivity contribution in [2.75, 3.05) is 26.3 Å². The van der Waals surface area contributed by atoms with E-state index in [2.05, 4.69) is 63.0 Å². The number of aryl methyl sites for hydroxylation is 1. The molecule has 1 fully saturated rings. The van der Waals surface area contributed by atoms with Crippen molar-refractivity contribution in [3.8, 4) is 0 Å². The van der Waals surface area contributed by atoms with Crippen LogP contribution >= 0.6 is 0 Å². The van der Waals surface area contributed by atoms with Gasteiger partial charge in [-0.2, -0.15) is 0 Å². The number of rotatable bonds is 10. The van der Waals surface area contributed by atoms with Crippen molar-refractivity contribution in [1.29, 1.82) is 0 Å². The minimum Gasteiger partial charge on any atom is -0.382 e. The van der Waals surface area contributed by atoms with E-state index in [4.69, 9.17) is 9.73 Å². The van der Waals surface area contributed by atoms with Gasteiger partial charge in [0.1, 0.15) is 12.4 Å². The minimum atomic E-state index is 0.399. The van der Waals surface area contributed by atoms with E-state index in [-0.39, 0.29) is 0 Å². The molecule has 2 atom stereocenters. The van der Waals surface area contributed by atoms with Crippen LogP contribution in [0, 0.1) is 6.92 Å². The molecule has 176 valence electrons. The lowest BCUT2D eigenvalue weighted by atomic mass is 9.97. The van der Waals surface area contributed by atoms with E-state index in [1.165, 1.54) is 5.56 Å². The van der Waals surface area contributed by atoms with Crippen LogP contribution < -0.4 is 10.6 Å². The summed E-state index contributed by atoms with van der Waals surface area (Å²) < 4.78 is 7.45. The average molecular weight is 442 g/mol. The van der Waals surface area contributed by atoms with E-state index < -0.39 is 0 Å². The van der Waals surface area contributed by atoms with Gasteiger partial charge in [-0.1, -0.05) is 30.3 Å². The third-order valence-corrected chi connectivity index (χ3v) is 6.11. The van der Waals surface area contributed by atoms with Gasteiger partial charge < -0.3 is 19.9 Å². The Hall–Kier alpha value is -2.45. The molecule has 2 unspecified atom stereocenters. The zero-order valence-corrected chi connectivity index (χ0v) is 20.0. The lowest BCUT2D eigenvalue weighted by Crippen LogP contribution is -2.51. The Morgan fingerprint density at radius 1 is 1.25 bits per heavy atom. The number of aliphatic imine (C=N–C) groups is 1. The van der Waals surface area contributed by atoms with Crippen LogP contribution in [0.15, 0.2) is 35.3 Å². The molecule has 2 aromatic rings. The number of aromatic nitrogens is 3. The summed E-state index contributed by atoms with van der Waals surface area (Å²) >= 11 is 0. The van der Waals surface area contributed by atoms with Gasteiger partial charge in [0.15, 0.2) is 11.8 Å². The quantitative estimate of drug-likeness (QED) is 0.335. The molecule has 32 heavy (non-hydrogen) atoms. The number of piperidine rings is 1. The number of hydrogen-bond acceptors (Lipinski definition) is 5. The molecule has 0 spiro atoms. The molecule has 1 aliphatic rings. The number of benzene rings is 1. The Bertz CT molecular complexity index is 836. The first-order valence-electron chi connectivity index (χ1n) is 11.8. The number of nitrogens with zero attached hydrogens (tertiary/aromatic N) is 5. The summed E-state index contributed by atoms with van der Waals surface area (Å²) in [4.78, 5) is 7.38. The highest BCUT2D eigenvalue weighted by molar-refractivity contribution is 5.80. The Labute approximate surface area is 192 Å². The Morgan fingerprint density at radius 3 is 2.75 bits per heavy atom. The average Bonchev–Trinajstić information content (AvgIpc) is 3.12. The normalized spacial score (nSPS) is 19.8. The van der Waals surface area contributed by atoms with Gasteiger partial charge in [-0.15, -0.1) is 10.2 Å². The molecule has 3 rings (SSSR count).